The molecule has 0 aliphatic carbocycles. The third-order valence-corrected chi connectivity index (χ3v) is 5.56. The van der Waals surface area contributed by atoms with Gasteiger partial charge in [-0.2, -0.15) is 0 Å². The van der Waals surface area contributed by atoms with Crippen LogP contribution in [0.1, 0.15) is 126 Å². The molecule has 0 spiro atoms. The van der Waals surface area contributed by atoms with Gasteiger partial charge in [-0.3, -0.25) is 4.90 Å². The SMILES string of the molecule is CCCCCCCC(C)(C)N(CC)C(C)(C)CCCCCCC. The van der Waals surface area contributed by atoms with E-state index in [2.05, 4.69) is 53.4 Å². The molecular weight excluding hydrogens is 278 g/mol. The van der Waals surface area contributed by atoms with Crippen molar-refractivity contribution in [2.75, 3.05) is 6.54 Å². The molecule has 0 N–H and O–H groups in total. The predicted octanol–water partition coefficient (Wildman–Crippen LogP) is 7.59. The molecular formula is C22H47N. The van der Waals surface area contributed by atoms with E-state index in [1.54, 1.807) is 0 Å². The number of hydrogen-bond acceptors (Lipinski definition) is 1. The predicted molar refractivity (Wildman–Crippen MR) is 107 cm³/mol. The molecule has 0 aromatic rings. The monoisotopic (exact) mass is 325 g/mol. The zero-order valence-corrected chi connectivity index (χ0v) is 17.6. The topological polar surface area (TPSA) is 3.24 Å². The Balaban J connectivity index is 4.37. The van der Waals surface area contributed by atoms with E-state index in [0.29, 0.717) is 11.1 Å². The molecule has 0 aliphatic rings. The van der Waals surface area contributed by atoms with Gasteiger partial charge < -0.3 is 0 Å². The highest BCUT2D eigenvalue weighted by atomic mass is 15.2. The zero-order chi connectivity index (χ0) is 17.8. The van der Waals surface area contributed by atoms with Crippen molar-refractivity contribution in [3.05, 3.63) is 0 Å². The molecule has 0 amide bonds. The van der Waals surface area contributed by atoms with Gasteiger partial charge in [-0.25, -0.2) is 0 Å². The van der Waals surface area contributed by atoms with Crippen LogP contribution >= 0.6 is 0 Å². The van der Waals surface area contributed by atoms with Crippen molar-refractivity contribution in [2.45, 2.75) is 137 Å². The van der Waals surface area contributed by atoms with Gasteiger partial charge in [0.05, 0.1) is 0 Å². The van der Waals surface area contributed by atoms with Crippen molar-refractivity contribution in [2.24, 2.45) is 0 Å². The van der Waals surface area contributed by atoms with E-state index in [0.717, 1.165) is 0 Å². The molecule has 0 fully saturated rings. The van der Waals surface area contributed by atoms with Crippen LogP contribution in [0, 0.1) is 0 Å². The third kappa shape index (κ3) is 9.75. The first-order valence-corrected chi connectivity index (χ1v) is 10.6. The van der Waals surface area contributed by atoms with Crippen LogP contribution in [-0.2, 0) is 0 Å². The van der Waals surface area contributed by atoms with Crippen molar-refractivity contribution >= 4 is 0 Å². The standard InChI is InChI=1S/C22H47N/c1-8-11-13-15-17-19-21(4,5)23(10-3)22(6,7)20-18-16-14-12-9-2/h8-20H2,1-7H3. The maximum atomic E-state index is 2.78. The normalized spacial score (nSPS) is 13.0. The summed E-state index contributed by atoms with van der Waals surface area (Å²) in [6, 6.07) is 0. The summed E-state index contributed by atoms with van der Waals surface area (Å²) in [5, 5.41) is 0. The quantitative estimate of drug-likeness (QED) is 0.280. The molecule has 23 heavy (non-hydrogen) atoms. The lowest BCUT2D eigenvalue weighted by atomic mass is 9.85. The molecule has 0 saturated heterocycles. The van der Waals surface area contributed by atoms with Crippen LogP contribution in [0.25, 0.3) is 0 Å². The van der Waals surface area contributed by atoms with Gasteiger partial charge in [-0.05, 0) is 47.1 Å². The summed E-state index contributed by atoms with van der Waals surface area (Å²) >= 11 is 0. The van der Waals surface area contributed by atoms with Gasteiger partial charge in [0.1, 0.15) is 0 Å². The van der Waals surface area contributed by atoms with Crippen molar-refractivity contribution in [3.8, 4) is 0 Å². The molecule has 0 saturated carbocycles. The number of unbranched alkanes of at least 4 members (excludes halogenated alkanes) is 8. The second-order valence-corrected chi connectivity index (χ2v) is 8.70. The second kappa shape index (κ2) is 12.3. The lowest BCUT2D eigenvalue weighted by molar-refractivity contribution is 0.00816. The van der Waals surface area contributed by atoms with E-state index in [1.807, 2.05) is 0 Å². The first-order valence-electron chi connectivity index (χ1n) is 10.6. The summed E-state index contributed by atoms with van der Waals surface area (Å²) in [4.78, 5) is 2.78. The van der Waals surface area contributed by atoms with Crippen LogP contribution in [-0.4, -0.2) is 22.5 Å². The molecule has 0 unspecified atom stereocenters. The summed E-state index contributed by atoms with van der Waals surface area (Å²) in [5.41, 5.74) is 0.655. The Labute approximate surface area is 148 Å². The third-order valence-electron chi connectivity index (χ3n) is 5.56. The molecule has 0 rings (SSSR count). The summed E-state index contributed by atoms with van der Waals surface area (Å²) in [7, 11) is 0. The maximum absolute atomic E-state index is 2.78. The average molecular weight is 326 g/mol. The van der Waals surface area contributed by atoms with Gasteiger partial charge in [-0.15, -0.1) is 0 Å². The molecule has 0 aromatic heterocycles. The molecule has 0 atom stereocenters. The highest BCUT2D eigenvalue weighted by Gasteiger charge is 2.35. The van der Waals surface area contributed by atoms with Gasteiger partial charge in [0.25, 0.3) is 0 Å². The van der Waals surface area contributed by atoms with E-state index in [4.69, 9.17) is 0 Å². The Morgan fingerprint density at radius 1 is 0.522 bits per heavy atom. The van der Waals surface area contributed by atoms with Crippen LogP contribution in [0.15, 0.2) is 0 Å². The number of rotatable bonds is 15. The van der Waals surface area contributed by atoms with Crippen molar-refractivity contribution in [1.82, 2.24) is 4.90 Å². The van der Waals surface area contributed by atoms with Crippen LogP contribution < -0.4 is 0 Å². The Morgan fingerprint density at radius 2 is 0.870 bits per heavy atom. The molecule has 140 valence electrons. The van der Waals surface area contributed by atoms with Gasteiger partial charge in [0.15, 0.2) is 0 Å². The van der Waals surface area contributed by atoms with Gasteiger partial charge in [0.2, 0.25) is 0 Å². The molecule has 0 bridgehead atoms. The summed E-state index contributed by atoms with van der Waals surface area (Å²) in [6.45, 7) is 18.0. The number of nitrogens with zero attached hydrogens (tertiary/aromatic N) is 1. The van der Waals surface area contributed by atoms with Gasteiger partial charge in [-0.1, -0.05) is 85.0 Å². The minimum absolute atomic E-state index is 0.327. The minimum atomic E-state index is 0.327. The van der Waals surface area contributed by atoms with Crippen molar-refractivity contribution < 1.29 is 0 Å². The maximum Gasteiger partial charge on any atom is 0.0158 e. The fourth-order valence-electron chi connectivity index (χ4n) is 4.27. The molecule has 0 heterocycles. The molecule has 0 aromatic carbocycles. The lowest BCUT2D eigenvalue weighted by Gasteiger charge is -2.49. The van der Waals surface area contributed by atoms with Crippen molar-refractivity contribution in [3.63, 3.8) is 0 Å². The fraction of sp³-hybridized carbons (Fsp3) is 1.00. The summed E-state index contributed by atoms with van der Waals surface area (Å²) in [6.07, 6.45) is 16.6. The minimum Gasteiger partial charge on any atom is -0.293 e. The lowest BCUT2D eigenvalue weighted by Crippen LogP contribution is -2.55. The van der Waals surface area contributed by atoms with Crippen LogP contribution in [0.4, 0.5) is 0 Å². The first kappa shape index (κ1) is 23.0. The molecule has 1 heteroatoms. The van der Waals surface area contributed by atoms with Crippen LogP contribution in [0.2, 0.25) is 0 Å². The van der Waals surface area contributed by atoms with E-state index >= 15 is 0 Å². The fourth-order valence-corrected chi connectivity index (χ4v) is 4.27. The van der Waals surface area contributed by atoms with E-state index in [1.165, 1.54) is 83.6 Å². The second-order valence-electron chi connectivity index (χ2n) is 8.70. The Morgan fingerprint density at radius 3 is 1.17 bits per heavy atom. The zero-order valence-electron chi connectivity index (χ0n) is 17.6. The molecule has 0 radical (unpaired) electrons. The van der Waals surface area contributed by atoms with E-state index in [-0.39, 0.29) is 0 Å². The largest absolute Gasteiger partial charge is 0.293 e. The highest BCUT2D eigenvalue weighted by molar-refractivity contribution is 4.91. The van der Waals surface area contributed by atoms with Crippen molar-refractivity contribution in [1.29, 1.82) is 0 Å². The van der Waals surface area contributed by atoms with E-state index in [9.17, 15) is 0 Å². The van der Waals surface area contributed by atoms with Crippen LogP contribution in [0.3, 0.4) is 0 Å². The Hall–Kier alpha value is -0.0400. The summed E-state index contributed by atoms with van der Waals surface area (Å²) in [5.74, 6) is 0. The Kier molecular flexibility index (Phi) is 12.3. The van der Waals surface area contributed by atoms with Gasteiger partial charge in [0, 0.05) is 11.1 Å². The molecule has 1 nitrogen and oxygen atoms in total. The smallest absolute Gasteiger partial charge is 0.0158 e. The van der Waals surface area contributed by atoms with Crippen LogP contribution in [0.5, 0.6) is 0 Å². The molecule has 0 aliphatic heterocycles. The average Bonchev–Trinajstić information content (AvgIpc) is 2.46. The summed E-state index contributed by atoms with van der Waals surface area (Å²) < 4.78 is 0. The first-order chi connectivity index (χ1) is 10.8. The Bertz CT molecular complexity index is 241. The van der Waals surface area contributed by atoms with E-state index < -0.39 is 0 Å². The number of hydrogen-bond donors (Lipinski definition) is 0. The highest BCUT2D eigenvalue weighted by Crippen LogP contribution is 2.32. The van der Waals surface area contributed by atoms with Gasteiger partial charge >= 0.3 is 0 Å².